The van der Waals surface area contributed by atoms with Gasteiger partial charge < -0.3 is 24.8 Å². The van der Waals surface area contributed by atoms with Crippen molar-refractivity contribution in [3.8, 4) is 0 Å². The zero-order valence-electron chi connectivity index (χ0n) is 27.1. The van der Waals surface area contributed by atoms with Crippen molar-refractivity contribution in [2.75, 3.05) is 19.8 Å². The molecule has 7 rings (SSSR count). The molecule has 7 aliphatic rings. The van der Waals surface area contributed by atoms with Crippen LogP contribution in [0.25, 0.3) is 0 Å². The summed E-state index contributed by atoms with van der Waals surface area (Å²) in [4.78, 5) is 15.4. The first-order valence-corrected chi connectivity index (χ1v) is 18.2. The van der Waals surface area contributed by atoms with Crippen LogP contribution >= 0.6 is 0 Å². The molecule has 42 heavy (non-hydrogen) atoms. The molecule has 2 N–H and O–H groups in total. The fourth-order valence-corrected chi connectivity index (χ4v) is 12.6. The lowest BCUT2D eigenvalue weighted by Crippen LogP contribution is -2.57. The van der Waals surface area contributed by atoms with E-state index in [9.17, 15) is 9.90 Å². The molecule has 2 heterocycles. The molecule has 5 saturated carbocycles. The number of aliphatic hydroxyl groups excluding tert-OH is 1. The molecule has 238 valence electrons. The predicted octanol–water partition coefficient (Wildman–Crippen LogP) is 7.14. The van der Waals surface area contributed by atoms with E-state index in [2.05, 4.69) is 33.0 Å². The summed E-state index contributed by atoms with van der Waals surface area (Å²) in [6, 6.07) is 0.653. The molecule has 0 aromatic heterocycles. The number of hydrogen-bond donors (Lipinski definition) is 2. The summed E-state index contributed by atoms with van der Waals surface area (Å²) in [7, 11) is 0. The lowest BCUT2D eigenvalue weighted by molar-refractivity contribution is -0.273. The molecule has 5 aliphatic carbocycles. The van der Waals surface area contributed by atoms with Crippen molar-refractivity contribution in [3.63, 3.8) is 0 Å². The molecule has 1 spiro atoms. The number of nitrogens with one attached hydrogen (secondary N) is 1. The van der Waals surface area contributed by atoms with Gasteiger partial charge in [0.2, 0.25) is 0 Å². The van der Waals surface area contributed by atoms with Crippen molar-refractivity contribution < 1.29 is 19.4 Å². The number of aliphatic hydroxyl groups is 1. The second kappa shape index (κ2) is 11.2. The summed E-state index contributed by atoms with van der Waals surface area (Å²) >= 11 is 0. The molecule has 7 fully saturated rings. The van der Waals surface area contributed by atoms with Gasteiger partial charge in [0.1, 0.15) is 0 Å². The van der Waals surface area contributed by atoms with Crippen LogP contribution in [0.15, 0.2) is 0 Å². The number of rotatable bonds is 4. The van der Waals surface area contributed by atoms with Crippen molar-refractivity contribution in [2.24, 2.45) is 52.3 Å². The standard InChI is InChI=1S/C36H60N2O4/c1-23-12-17-36(41-22-23)24(2)32-31(42-36)21-30-28-11-10-25-20-26(13-15-34(25,3)29(28)14-16-35(30,32)4)37-33(40)38(18-19-39)27-8-6-5-7-9-27/h23-32,39H,5-22H2,1-4H3,(H,37,40)/t23-,24-,25+,26+,28+,29-,30-,31-,32-,34-,35-,36+/m0/s1. The van der Waals surface area contributed by atoms with Gasteiger partial charge in [-0.1, -0.05) is 47.0 Å². The van der Waals surface area contributed by atoms with Crippen molar-refractivity contribution in [1.29, 1.82) is 0 Å². The van der Waals surface area contributed by atoms with Crippen LogP contribution in [0, 0.1) is 52.3 Å². The highest BCUT2D eigenvalue weighted by atomic mass is 16.7. The van der Waals surface area contributed by atoms with Crippen LogP contribution in [0.5, 0.6) is 0 Å². The lowest BCUT2D eigenvalue weighted by Gasteiger charge is -2.61. The molecule has 6 heteroatoms. The molecule has 2 aliphatic heterocycles. The van der Waals surface area contributed by atoms with Gasteiger partial charge in [-0.05, 0) is 117 Å². The highest BCUT2D eigenvalue weighted by Crippen LogP contribution is 2.71. The van der Waals surface area contributed by atoms with Gasteiger partial charge in [-0.2, -0.15) is 0 Å². The van der Waals surface area contributed by atoms with Crippen LogP contribution in [0.2, 0.25) is 0 Å². The largest absolute Gasteiger partial charge is 0.395 e. The van der Waals surface area contributed by atoms with Gasteiger partial charge in [0.25, 0.3) is 0 Å². The number of fused-ring (bicyclic) bond motifs is 7. The normalized spacial score (nSPS) is 50.5. The third-order valence-electron chi connectivity index (χ3n) is 14.9. The van der Waals surface area contributed by atoms with Crippen LogP contribution in [0.4, 0.5) is 4.79 Å². The Labute approximate surface area is 255 Å². The summed E-state index contributed by atoms with van der Waals surface area (Å²) in [6.45, 7) is 11.4. The van der Waals surface area contributed by atoms with E-state index in [0.717, 1.165) is 56.5 Å². The topological polar surface area (TPSA) is 71.0 Å². The van der Waals surface area contributed by atoms with E-state index in [1.54, 1.807) is 0 Å². The van der Waals surface area contributed by atoms with Crippen LogP contribution in [0.3, 0.4) is 0 Å². The van der Waals surface area contributed by atoms with Crippen LogP contribution < -0.4 is 5.32 Å². The van der Waals surface area contributed by atoms with Gasteiger partial charge in [-0.25, -0.2) is 4.79 Å². The molecule has 0 unspecified atom stereocenters. The summed E-state index contributed by atoms with van der Waals surface area (Å²) < 4.78 is 13.5. The number of carbonyl (C=O) groups is 1. The molecule has 0 radical (unpaired) electrons. The maximum Gasteiger partial charge on any atom is 0.317 e. The van der Waals surface area contributed by atoms with Gasteiger partial charge in [0.15, 0.2) is 5.79 Å². The minimum Gasteiger partial charge on any atom is -0.395 e. The third-order valence-corrected chi connectivity index (χ3v) is 14.9. The molecule has 0 aromatic rings. The second-order valence-electron chi connectivity index (χ2n) is 16.8. The van der Waals surface area contributed by atoms with Crippen molar-refractivity contribution in [1.82, 2.24) is 10.2 Å². The Bertz CT molecular complexity index is 991. The average molecular weight is 585 g/mol. The monoisotopic (exact) mass is 584 g/mol. The van der Waals surface area contributed by atoms with E-state index >= 15 is 0 Å². The summed E-state index contributed by atoms with van der Waals surface area (Å²) in [6.07, 6.45) is 18.6. The quantitative estimate of drug-likeness (QED) is 0.369. The zero-order valence-corrected chi connectivity index (χ0v) is 27.1. The van der Waals surface area contributed by atoms with E-state index in [1.807, 2.05) is 4.90 Å². The van der Waals surface area contributed by atoms with Crippen molar-refractivity contribution >= 4 is 6.03 Å². The molecule has 2 amide bonds. The first-order valence-electron chi connectivity index (χ1n) is 18.2. The SMILES string of the molecule is C[C@H]1CC[C@@]2(OC1)O[C@H]1C[C@H]3[C@@H]4CC[C@@H]5C[C@H](NC(=O)N(CCO)C6CCCCC6)CC[C@]5(C)[C@H]4CC[C@]3(C)[C@H]1[C@@H]2C. The molecule has 0 bridgehead atoms. The number of hydrogen-bond acceptors (Lipinski definition) is 4. The number of carbonyl (C=O) groups excluding carboxylic acids is 1. The fraction of sp³-hybridized carbons (Fsp3) is 0.972. The minimum atomic E-state index is -0.317. The Hall–Kier alpha value is -0.850. The predicted molar refractivity (Wildman–Crippen MR) is 165 cm³/mol. The third kappa shape index (κ3) is 4.70. The Morgan fingerprint density at radius 2 is 1.69 bits per heavy atom. The van der Waals surface area contributed by atoms with Gasteiger partial charge in [0, 0.05) is 31.0 Å². The maximum absolute atomic E-state index is 13.5. The number of ether oxygens (including phenoxy) is 2. The summed E-state index contributed by atoms with van der Waals surface area (Å²) in [5.41, 5.74) is 0.776. The fourth-order valence-electron chi connectivity index (χ4n) is 12.6. The molecular formula is C36H60N2O4. The van der Waals surface area contributed by atoms with Gasteiger partial charge in [-0.15, -0.1) is 0 Å². The molecular weight excluding hydrogens is 524 g/mol. The molecule has 2 saturated heterocycles. The first kappa shape index (κ1) is 29.8. The highest BCUT2D eigenvalue weighted by molar-refractivity contribution is 5.75. The van der Waals surface area contributed by atoms with Gasteiger partial charge in [-0.3, -0.25) is 0 Å². The molecule has 6 nitrogen and oxygen atoms in total. The average Bonchev–Trinajstić information content (AvgIpc) is 3.43. The van der Waals surface area contributed by atoms with E-state index < -0.39 is 0 Å². The Morgan fingerprint density at radius 3 is 2.43 bits per heavy atom. The van der Waals surface area contributed by atoms with Crippen molar-refractivity contribution in [3.05, 3.63) is 0 Å². The summed E-state index contributed by atoms with van der Waals surface area (Å²) in [5.74, 6) is 4.60. The van der Waals surface area contributed by atoms with E-state index in [0.29, 0.717) is 53.2 Å². The number of urea groups is 1. The van der Waals surface area contributed by atoms with E-state index in [-0.39, 0.29) is 24.5 Å². The Balaban J connectivity index is 1.01. The van der Waals surface area contributed by atoms with Crippen molar-refractivity contribution in [2.45, 2.75) is 148 Å². The number of nitrogens with zero attached hydrogens (tertiary/aromatic N) is 1. The van der Waals surface area contributed by atoms with E-state index in [4.69, 9.17) is 9.47 Å². The maximum atomic E-state index is 13.5. The lowest BCUT2D eigenvalue weighted by atomic mass is 9.44. The zero-order chi connectivity index (χ0) is 29.3. The van der Waals surface area contributed by atoms with Crippen LogP contribution in [0.1, 0.15) is 124 Å². The molecule has 12 atom stereocenters. The van der Waals surface area contributed by atoms with Crippen LogP contribution in [-0.2, 0) is 9.47 Å². The summed E-state index contributed by atoms with van der Waals surface area (Å²) in [5, 5.41) is 13.2. The number of amides is 2. The second-order valence-corrected chi connectivity index (χ2v) is 16.8. The highest BCUT2D eigenvalue weighted by Gasteiger charge is 2.69. The smallest absolute Gasteiger partial charge is 0.317 e. The molecule has 0 aromatic carbocycles. The Kier molecular flexibility index (Phi) is 7.95. The minimum absolute atomic E-state index is 0.0528. The first-order chi connectivity index (χ1) is 20.2. The van der Waals surface area contributed by atoms with E-state index in [1.165, 1.54) is 64.2 Å². The van der Waals surface area contributed by atoms with Gasteiger partial charge in [0.05, 0.1) is 19.3 Å². The van der Waals surface area contributed by atoms with Crippen LogP contribution in [-0.4, -0.2) is 59.8 Å². The Morgan fingerprint density at radius 1 is 0.905 bits per heavy atom. The van der Waals surface area contributed by atoms with Gasteiger partial charge >= 0.3 is 6.03 Å².